The molecule has 1 amide bonds. The summed E-state index contributed by atoms with van der Waals surface area (Å²) in [5, 5.41) is 12.2. The average molecular weight is 575 g/mol. The minimum atomic E-state index is -0.570. The average Bonchev–Trinajstić information content (AvgIpc) is 3.40. The van der Waals surface area contributed by atoms with Crippen molar-refractivity contribution in [3.8, 4) is 5.69 Å². The normalized spacial score (nSPS) is 20.2. The molecule has 9 nitrogen and oxygen atoms in total. The minimum absolute atomic E-state index is 0.0181. The zero-order valence-electron chi connectivity index (χ0n) is 18.7. The molecule has 0 unspecified atom stereocenters. The number of fused-ring (bicyclic) bond motifs is 2. The third kappa shape index (κ3) is 3.96. The molecular weight excluding hydrogens is 552 g/mol. The van der Waals surface area contributed by atoms with E-state index in [1.807, 2.05) is 12.1 Å². The van der Waals surface area contributed by atoms with Crippen molar-refractivity contribution in [3.05, 3.63) is 46.2 Å². The Morgan fingerprint density at radius 3 is 3.03 bits per heavy atom. The van der Waals surface area contributed by atoms with Crippen LogP contribution in [0.25, 0.3) is 27.6 Å². The maximum atomic E-state index is 14.7. The van der Waals surface area contributed by atoms with Crippen LogP contribution >= 0.6 is 22.6 Å². The smallest absolute Gasteiger partial charge is 0.228 e. The number of carbonyl (C=O) groups excluding carboxylic acids is 1. The van der Waals surface area contributed by atoms with E-state index in [2.05, 4.69) is 48.3 Å². The number of ether oxygens (including phenoxy) is 1. The number of pyridine rings is 1. The lowest BCUT2D eigenvalue weighted by atomic mass is 9.86. The molecule has 11 heteroatoms. The lowest BCUT2D eigenvalue weighted by molar-refractivity contribution is -0.133. The Hall–Kier alpha value is -2.93. The van der Waals surface area contributed by atoms with Gasteiger partial charge in [0.15, 0.2) is 11.5 Å². The highest BCUT2D eigenvalue weighted by Gasteiger charge is 2.45. The van der Waals surface area contributed by atoms with Gasteiger partial charge < -0.3 is 15.4 Å². The summed E-state index contributed by atoms with van der Waals surface area (Å²) in [5.41, 5.74) is 0.859. The van der Waals surface area contributed by atoms with Gasteiger partial charge in [-0.2, -0.15) is 10.1 Å². The fourth-order valence-corrected chi connectivity index (χ4v) is 5.35. The first-order valence-electron chi connectivity index (χ1n) is 10.9. The summed E-state index contributed by atoms with van der Waals surface area (Å²) in [5.74, 6) is -0.00706. The second-order valence-electron chi connectivity index (χ2n) is 8.51. The summed E-state index contributed by atoms with van der Waals surface area (Å²) in [6.45, 7) is 0.359. The quantitative estimate of drug-likeness (QED) is 0.340. The highest BCUT2D eigenvalue weighted by molar-refractivity contribution is 14.1. The van der Waals surface area contributed by atoms with Gasteiger partial charge in [0.1, 0.15) is 9.22 Å². The van der Waals surface area contributed by atoms with Gasteiger partial charge in [-0.1, -0.05) is 6.07 Å². The molecule has 0 radical (unpaired) electrons. The van der Waals surface area contributed by atoms with E-state index in [-0.39, 0.29) is 11.9 Å². The van der Waals surface area contributed by atoms with Crippen LogP contribution < -0.4 is 10.6 Å². The number of nitrogens with one attached hydrogen (secondary N) is 2. The van der Waals surface area contributed by atoms with Crippen molar-refractivity contribution in [2.75, 3.05) is 26.1 Å². The van der Waals surface area contributed by atoms with Crippen molar-refractivity contribution in [1.82, 2.24) is 30.0 Å². The number of aromatic nitrogens is 5. The Labute approximate surface area is 208 Å². The van der Waals surface area contributed by atoms with E-state index in [0.717, 1.165) is 11.8 Å². The Morgan fingerprint density at radius 1 is 1.38 bits per heavy atom. The molecule has 0 saturated heterocycles. The van der Waals surface area contributed by atoms with Gasteiger partial charge in [0.25, 0.3) is 0 Å². The Balaban J connectivity index is 1.48. The maximum Gasteiger partial charge on any atom is 0.228 e. The summed E-state index contributed by atoms with van der Waals surface area (Å²) >= 11 is 2.12. The molecule has 34 heavy (non-hydrogen) atoms. The number of carbonyl (C=O) groups is 1. The first-order valence-corrected chi connectivity index (χ1v) is 12.0. The summed E-state index contributed by atoms with van der Waals surface area (Å²) in [7, 11) is 3.25. The van der Waals surface area contributed by atoms with E-state index in [9.17, 15) is 9.18 Å². The number of methoxy groups -OCH3 is 1. The molecule has 176 valence electrons. The first-order chi connectivity index (χ1) is 16.4. The van der Waals surface area contributed by atoms with Crippen LogP contribution in [0.5, 0.6) is 0 Å². The number of anilines is 1. The zero-order valence-corrected chi connectivity index (χ0v) is 20.8. The molecular formula is C23H23FIN7O2. The summed E-state index contributed by atoms with van der Waals surface area (Å²) in [6, 6.07) is 6.84. The molecule has 5 rings (SSSR count). The number of hydrogen-bond donors (Lipinski definition) is 2. The number of hydrogen-bond acceptors (Lipinski definition) is 7. The van der Waals surface area contributed by atoms with Gasteiger partial charge in [-0.25, -0.2) is 14.1 Å². The van der Waals surface area contributed by atoms with E-state index in [1.54, 1.807) is 37.3 Å². The van der Waals surface area contributed by atoms with Gasteiger partial charge in [0.2, 0.25) is 11.9 Å². The third-order valence-corrected chi connectivity index (χ3v) is 7.13. The van der Waals surface area contributed by atoms with Crippen LogP contribution in [0.2, 0.25) is 0 Å². The summed E-state index contributed by atoms with van der Waals surface area (Å²) < 4.78 is 22.4. The van der Waals surface area contributed by atoms with Gasteiger partial charge in [0, 0.05) is 44.0 Å². The zero-order chi connectivity index (χ0) is 23.9. The fourth-order valence-electron chi connectivity index (χ4n) is 4.75. The van der Waals surface area contributed by atoms with Gasteiger partial charge >= 0.3 is 0 Å². The van der Waals surface area contributed by atoms with E-state index < -0.39 is 11.2 Å². The molecule has 1 aliphatic carbocycles. The van der Waals surface area contributed by atoms with E-state index in [4.69, 9.17) is 9.72 Å². The monoisotopic (exact) mass is 575 g/mol. The van der Waals surface area contributed by atoms with Crippen LogP contribution in [0.3, 0.4) is 0 Å². The van der Waals surface area contributed by atoms with Crippen molar-refractivity contribution >= 4 is 56.4 Å². The van der Waals surface area contributed by atoms with Gasteiger partial charge in [-0.3, -0.25) is 9.78 Å². The Kier molecular flexibility index (Phi) is 6.06. The van der Waals surface area contributed by atoms with Crippen molar-refractivity contribution in [2.24, 2.45) is 5.41 Å². The molecule has 2 N–H and O–H groups in total. The molecule has 0 aliphatic heterocycles. The molecule has 2 atom stereocenters. The Bertz CT molecular complexity index is 1390. The van der Waals surface area contributed by atoms with E-state index in [1.165, 1.54) is 6.07 Å². The highest BCUT2D eigenvalue weighted by atomic mass is 127. The number of rotatable bonds is 6. The second kappa shape index (κ2) is 9.02. The van der Waals surface area contributed by atoms with Crippen LogP contribution in [0.1, 0.15) is 19.3 Å². The first kappa shape index (κ1) is 22.8. The predicted octanol–water partition coefficient (Wildman–Crippen LogP) is 3.45. The molecule has 4 aromatic rings. The number of benzene rings is 1. The lowest BCUT2D eigenvalue weighted by Crippen LogP contribution is -2.41. The van der Waals surface area contributed by atoms with Crippen LogP contribution in [0.15, 0.2) is 36.7 Å². The number of halogens is 2. The van der Waals surface area contributed by atoms with Crippen LogP contribution in [0, 0.1) is 14.9 Å². The molecule has 3 heterocycles. The van der Waals surface area contributed by atoms with Crippen molar-refractivity contribution in [2.45, 2.75) is 25.3 Å². The molecule has 0 spiro atoms. The fraction of sp³-hybridized carbons (Fsp3) is 0.348. The van der Waals surface area contributed by atoms with Crippen LogP contribution in [-0.2, 0) is 9.53 Å². The van der Waals surface area contributed by atoms with E-state index >= 15 is 0 Å². The summed E-state index contributed by atoms with van der Waals surface area (Å²) in [4.78, 5) is 25.8. The van der Waals surface area contributed by atoms with Gasteiger partial charge in [-0.15, -0.1) is 0 Å². The second-order valence-corrected chi connectivity index (χ2v) is 9.53. The third-order valence-electron chi connectivity index (χ3n) is 6.34. The SMILES string of the molecule is CNC(=O)[C@@]1(COC)CC[C@@H](Nc2ncc3c(I)nn(-c4cc(F)c5ncccc5c4)c3n2)C1. The lowest BCUT2D eigenvalue weighted by Gasteiger charge is -2.26. The Morgan fingerprint density at radius 2 is 2.24 bits per heavy atom. The van der Waals surface area contributed by atoms with Crippen molar-refractivity contribution < 1.29 is 13.9 Å². The highest BCUT2D eigenvalue weighted by Crippen LogP contribution is 2.40. The largest absolute Gasteiger partial charge is 0.384 e. The summed E-state index contributed by atoms with van der Waals surface area (Å²) in [6.07, 6.45) is 5.39. The maximum absolute atomic E-state index is 14.7. The number of nitrogens with zero attached hydrogens (tertiary/aromatic N) is 5. The molecule has 1 aromatic carbocycles. The van der Waals surface area contributed by atoms with Crippen molar-refractivity contribution in [1.29, 1.82) is 0 Å². The van der Waals surface area contributed by atoms with Crippen LogP contribution in [-0.4, -0.2) is 57.4 Å². The van der Waals surface area contributed by atoms with E-state index in [0.29, 0.717) is 51.3 Å². The van der Waals surface area contributed by atoms with Crippen LogP contribution in [0.4, 0.5) is 10.3 Å². The molecule has 1 aliphatic rings. The predicted molar refractivity (Wildman–Crippen MR) is 134 cm³/mol. The molecule has 0 bridgehead atoms. The van der Waals surface area contributed by atoms with Gasteiger partial charge in [-0.05, 0) is 54.0 Å². The van der Waals surface area contributed by atoms with Crippen molar-refractivity contribution in [3.63, 3.8) is 0 Å². The minimum Gasteiger partial charge on any atom is -0.384 e. The standard InChI is InChI=1S/C23H23FIN7O2/c1-26-21(33)23(12-34-2)6-5-14(10-23)29-22-28-11-16-19(25)31-32(20(16)30-22)15-8-13-4-3-7-27-18(13)17(24)9-15/h3-4,7-9,11,14H,5-6,10,12H2,1-2H3,(H,26,33)(H,28,29,30)/t14-,23+/m1/s1. The molecule has 1 saturated carbocycles. The number of amides is 1. The molecule has 3 aromatic heterocycles. The molecule has 1 fully saturated rings. The topological polar surface area (TPSA) is 107 Å². The van der Waals surface area contributed by atoms with Gasteiger partial charge in [0.05, 0.1) is 23.1 Å².